The maximum absolute atomic E-state index is 13.3. The molecule has 0 aliphatic rings. The summed E-state index contributed by atoms with van der Waals surface area (Å²) in [7, 11) is 0. The Bertz CT molecular complexity index is 851. The van der Waals surface area contributed by atoms with E-state index in [9.17, 15) is 14.9 Å². The van der Waals surface area contributed by atoms with Gasteiger partial charge in [-0.1, -0.05) is 74.5 Å². The summed E-state index contributed by atoms with van der Waals surface area (Å²) in [4.78, 5) is 25.7. The van der Waals surface area contributed by atoms with Gasteiger partial charge in [0.1, 0.15) is 5.54 Å². The van der Waals surface area contributed by atoms with Gasteiger partial charge in [0, 0.05) is 6.61 Å². The Kier molecular flexibility index (Phi) is 7.73. The zero-order chi connectivity index (χ0) is 22.2. The van der Waals surface area contributed by atoms with E-state index in [2.05, 4.69) is 11.4 Å². The summed E-state index contributed by atoms with van der Waals surface area (Å²) < 4.78 is 11.4. The van der Waals surface area contributed by atoms with Crippen molar-refractivity contribution in [1.82, 2.24) is 5.32 Å². The molecule has 0 aromatic heterocycles. The fourth-order valence-electron chi connectivity index (χ4n) is 3.05. The van der Waals surface area contributed by atoms with Crippen molar-refractivity contribution in [1.29, 1.82) is 5.26 Å². The summed E-state index contributed by atoms with van der Waals surface area (Å²) in [6.45, 7) is 6.83. The third-order valence-corrected chi connectivity index (χ3v) is 5.13. The average molecular weight is 408 g/mol. The summed E-state index contributed by atoms with van der Waals surface area (Å²) >= 11 is 0. The molecule has 0 heterocycles. The van der Waals surface area contributed by atoms with Crippen molar-refractivity contribution in [3.8, 4) is 6.07 Å². The maximum Gasteiger partial charge on any atom is 0.348 e. The number of hydrogen-bond donors (Lipinski definition) is 1. The molecule has 30 heavy (non-hydrogen) atoms. The molecule has 0 aliphatic heterocycles. The molecule has 158 valence electrons. The van der Waals surface area contributed by atoms with Crippen LogP contribution in [0.1, 0.15) is 38.8 Å². The van der Waals surface area contributed by atoms with Crippen molar-refractivity contribution >= 4 is 11.9 Å². The molecule has 0 saturated heterocycles. The Labute approximate surface area is 177 Å². The van der Waals surface area contributed by atoms with Crippen molar-refractivity contribution in [2.45, 2.75) is 38.8 Å². The lowest BCUT2D eigenvalue weighted by Gasteiger charge is -2.32. The molecule has 6 heteroatoms. The molecule has 2 aromatic carbocycles. The molecule has 2 aromatic rings. The number of rotatable bonds is 9. The lowest BCUT2D eigenvalue weighted by Crippen LogP contribution is -2.51. The van der Waals surface area contributed by atoms with Gasteiger partial charge in [0.2, 0.25) is 5.60 Å². The molecular weight excluding hydrogens is 380 g/mol. The lowest BCUT2D eigenvalue weighted by molar-refractivity contribution is -0.170. The van der Waals surface area contributed by atoms with Crippen molar-refractivity contribution in [2.24, 2.45) is 5.92 Å². The van der Waals surface area contributed by atoms with E-state index in [1.807, 2.05) is 50.2 Å². The average Bonchev–Trinajstić information content (AvgIpc) is 2.76. The summed E-state index contributed by atoms with van der Waals surface area (Å²) in [5, 5.41) is 12.0. The third kappa shape index (κ3) is 4.87. The molecule has 2 rings (SSSR count). The first kappa shape index (κ1) is 23.1. The Hall–Kier alpha value is -3.17. The summed E-state index contributed by atoms with van der Waals surface area (Å²) in [6.07, 6.45) is 0. The van der Waals surface area contributed by atoms with Crippen molar-refractivity contribution < 1.29 is 19.1 Å². The van der Waals surface area contributed by atoms with Crippen LogP contribution in [0.25, 0.3) is 0 Å². The van der Waals surface area contributed by atoms with Crippen LogP contribution >= 0.6 is 0 Å². The van der Waals surface area contributed by atoms with Crippen LogP contribution in [0.5, 0.6) is 0 Å². The summed E-state index contributed by atoms with van der Waals surface area (Å²) in [5.74, 6) is -1.36. The Morgan fingerprint density at radius 3 is 1.93 bits per heavy atom. The van der Waals surface area contributed by atoms with Crippen LogP contribution in [0.15, 0.2) is 60.7 Å². The quantitative estimate of drug-likeness (QED) is 0.641. The molecule has 0 spiro atoms. The summed E-state index contributed by atoms with van der Waals surface area (Å²) in [5.41, 5.74) is -1.35. The van der Waals surface area contributed by atoms with Gasteiger partial charge in [0.15, 0.2) is 6.61 Å². The van der Waals surface area contributed by atoms with Crippen molar-refractivity contribution in [2.75, 3.05) is 13.2 Å². The van der Waals surface area contributed by atoms with E-state index < -0.39 is 29.6 Å². The largest absolute Gasteiger partial charge is 0.453 e. The van der Waals surface area contributed by atoms with Crippen molar-refractivity contribution in [3.05, 3.63) is 71.8 Å². The molecule has 0 fully saturated rings. The van der Waals surface area contributed by atoms with Crippen LogP contribution in [0, 0.1) is 17.2 Å². The van der Waals surface area contributed by atoms with Gasteiger partial charge in [-0.3, -0.25) is 4.79 Å². The van der Waals surface area contributed by atoms with E-state index in [1.165, 1.54) is 0 Å². The number of esters is 1. The van der Waals surface area contributed by atoms with Gasteiger partial charge >= 0.3 is 5.97 Å². The number of carbonyl (C=O) groups excluding carboxylic acids is 2. The number of amides is 1. The fraction of sp³-hybridized carbons (Fsp3) is 0.375. The molecule has 0 aliphatic carbocycles. The Morgan fingerprint density at radius 1 is 1.03 bits per heavy atom. The van der Waals surface area contributed by atoms with Gasteiger partial charge in [0.25, 0.3) is 5.91 Å². The minimum Gasteiger partial charge on any atom is -0.453 e. The number of benzene rings is 2. The molecule has 0 bridgehead atoms. The lowest BCUT2D eigenvalue weighted by atomic mass is 9.86. The molecule has 1 amide bonds. The van der Waals surface area contributed by atoms with Crippen LogP contribution in [0.2, 0.25) is 0 Å². The highest BCUT2D eigenvalue weighted by Gasteiger charge is 2.45. The molecular formula is C24H28N2O4. The van der Waals surface area contributed by atoms with E-state index >= 15 is 0 Å². The summed E-state index contributed by atoms with van der Waals surface area (Å²) in [6, 6.07) is 20.2. The Balaban J connectivity index is 2.33. The zero-order valence-electron chi connectivity index (χ0n) is 17.8. The topological polar surface area (TPSA) is 88.4 Å². The second-order valence-electron chi connectivity index (χ2n) is 7.44. The van der Waals surface area contributed by atoms with Gasteiger partial charge in [-0.15, -0.1) is 0 Å². The standard InChI is InChI=1S/C24H28N2O4/c1-5-30-24(19-12-8-6-9-13-19,20-14-10-7-11-15-20)22(28)29-16-21(27)26-23(4,17-25)18(2)3/h6-15,18H,5,16H2,1-4H3,(H,26,27)/t23-/m1/s1. The van der Waals surface area contributed by atoms with Gasteiger partial charge in [0.05, 0.1) is 6.07 Å². The number of nitrogens with zero attached hydrogens (tertiary/aromatic N) is 1. The van der Waals surface area contributed by atoms with Crippen LogP contribution in [-0.2, 0) is 24.7 Å². The van der Waals surface area contributed by atoms with E-state index in [4.69, 9.17) is 9.47 Å². The first-order chi connectivity index (χ1) is 14.3. The second-order valence-corrected chi connectivity index (χ2v) is 7.44. The predicted octanol–water partition coefficient (Wildman–Crippen LogP) is 3.56. The predicted molar refractivity (Wildman–Crippen MR) is 113 cm³/mol. The van der Waals surface area contributed by atoms with Crippen LogP contribution in [-0.4, -0.2) is 30.6 Å². The van der Waals surface area contributed by atoms with Crippen LogP contribution in [0.4, 0.5) is 0 Å². The van der Waals surface area contributed by atoms with Gasteiger partial charge in [-0.05, 0) is 30.9 Å². The second kappa shape index (κ2) is 10.0. The normalized spacial score (nSPS) is 13.2. The SMILES string of the molecule is CCOC(C(=O)OCC(=O)N[C@](C)(C#N)C(C)C)(c1ccccc1)c1ccccc1. The first-order valence-corrected chi connectivity index (χ1v) is 9.94. The first-order valence-electron chi connectivity index (χ1n) is 9.94. The van der Waals surface area contributed by atoms with Crippen LogP contribution in [0.3, 0.4) is 0 Å². The highest BCUT2D eigenvalue weighted by atomic mass is 16.6. The maximum atomic E-state index is 13.3. The fourth-order valence-corrected chi connectivity index (χ4v) is 3.05. The number of nitriles is 1. The highest BCUT2D eigenvalue weighted by molar-refractivity contribution is 5.88. The molecule has 1 N–H and O–H groups in total. The van der Waals surface area contributed by atoms with Gasteiger partial charge in [-0.25, -0.2) is 4.79 Å². The van der Waals surface area contributed by atoms with E-state index in [0.717, 1.165) is 0 Å². The smallest absolute Gasteiger partial charge is 0.348 e. The molecule has 1 atom stereocenters. The van der Waals surface area contributed by atoms with E-state index in [0.29, 0.717) is 11.1 Å². The Morgan fingerprint density at radius 2 is 1.53 bits per heavy atom. The number of carbonyl (C=O) groups is 2. The minimum absolute atomic E-state index is 0.113. The molecule has 0 unspecified atom stereocenters. The monoisotopic (exact) mass is 408 g/mol. The van der Waals surface area contributed by atoms with Gasteiger partial charge < -0.3 is 14.8 Å². The van der Waals surface area contributed by atoms with Gasteiger partial charge in [-0.2, -0.15) is 5.26 Å². The number of hydrogen-bond acceptors (Lipinski definition) is 5. The highest BCUT2D eigenvalue weighted by Crippen LogP contribution is 2.35. The number of nitrogens with one attached hydrogen (secondary N) is 1. The minimum atomic E-state index is -1.51. The molecule has 0 saturated carbocycles. The molecule has 0 radical (unpaired) electrons. The zero-order valence-corrected chi connectivity index (χ0v) is 17.8. The van der Waals surface area contributed by atoms with Crippen LogP contribution < -0.4 is 5.32 Å². The number of ether oxygens (including phenoxy) is 2. The molecule has 6 nitrogen and oxygen atoms in total. The van der Waals surface area contributed by atoms with Crippen molar-refractivity contribution in [3.63, 3.8) is 0 Å². The third-order valence-electron chi connectivity index (χ3n) is 5.13. The van der Waals surface area contributed by atoms with E-state index in [-0.39, 0.29) is 12.5 Å². The van der Waals surface area contributed by atoms with E-state index in [1.54, 1.807) is 38.1 Å².